The van der Waals surface area contributed by atoms with Gasteiger partial charge in [0.15, 0.2) is 5.78 Å². The molecule has 1 heterocycles. The molecule has 2 aromatic carbocycles. The fourth-order valence-electron chi connectivity index (χ4n) is 3.51. The monoisotopic (exact) mass is 418 g/mol. The summed E-state index contributed by atoms with van der Waals surface area (Å²) in [5, 5.41) is 2.91. The molecule has 1 amide bonds. The zero-order valence-electron chi connectivity index (χ0n) is 16.8. The Labute approximate surface area is 179 Å². The van der Waals surface area contributed by atoms with Crippen molar-refractivity contribution in [1.29, 1.82) is 0 Å². The van der Waals surface area contributed by atoms with E-state index in [1.807, 2.05) is 36.6 Å². The van der Waals surface area contributed by atoms with Crippen LogP contribution in [-0.2, 0) is 10.2 Å². The Balaban J connectivity index is 1.48. The Bertz CT molecular complexity index is 1070. The number of carbonyl (C=O) groups excluding carboxylic acids is 2. The Kier molecular flexibility index (Phi) is 5.59. The molecule has 30 heavy (non-hydrogen) atoms. The maximum atomic E-state index is 12.9. The summed E-state index contributed by atoms with van der Waals surface area (Å²) in [4.78, 5) is 31.2. The fourth-order valence-corrected chi connectivity index (χ4v) is 3.92. The fraction of sp³-hybridized carbons (Fsp3) is 0.208. The van der Waals surface area contributed by atoms with Gasteiger partial charge in [-0.2, -0.15) is 0 Å². The molecule has 1 aliphatic rings. The lowest BCUT2D eigenvalue weighted by atomic mass is 9.95. The highest BCUT2D eigenvalue weighted by Crippen LogP contribution is 2.49. The van der Waals surface area contributed by atoms with E-state index in [9.17, 15) is 9.59 Å². The Morgan fingerprint density at radius 2 is 1.77 bits per heavy atom. The summed E-state index contributed by atoms with van der Waals surface area (Å²) in [6.07, 6.45) is 5.16. The van der Waals surface area contributed by atoms with Gasteiger partial charge in [0.05, 0.1) is 18.1 Å². The predicted molar refractivity (Wildman–Crippen MR) is 118 cm³/mol. The molecule has 1 N–H and O–H groups in total. The molecule has 0 unspecified atom stereocenters. The lowest BCUT2D eigenvalue weighted by Crippen LogP contribution is -2.28. The van der Waals surface area contributed by atoms with Gasteiger partial charge >= 0.3 is 0 Å². The Morgan fingerprint density at radius 1 is 1.03 bits per heavy atom. The topological polar surface area (TPSA) is 68.3 Å². The van der Waals surface area contributed by atoms with Crippen LogP contribution in [0.25, 0.3) is 0 Å². The van der Waals surface area contributed by atoms with Gasteiger partial charge in [0, 0.05) is 16.7 Å². The van der Waals surface area contributed by atoms with Crippen molar-refractivity contribution in [3.05, 3.63) is 83.6 Å². The number of nitrogens with zero attached hydrogens (tertiary/aromatic N) is 1. The maximum Gasteiger partial charge on any atom is 0.236 e. The molecule has 3 aromatic rings. The van der Waals surface area contributed by atoms with Gasteiger partial charge in [0.25, 0.3) is 0 Å². The van der Waals surface area contributed by atoms with Gasteiger partial charge in [-0.3, -0.25) is 9.59 Å². The standard InChI is InChI=1S/C24H22N2O3S/c1-29-20-6-4-3-5-19(20)22(27)16-7-12-21(25-15-16)26-23(28)24(13-14-24)17-8-10-18(30-2)11-9-17/h3-12,15H,13-14H2,1-2H3,(H,25,26,28). The third-order valence-corrected chi connectivity index (χ3v) is 6.19. The maximum absolute atomic E-state index is 12.9. The number of pyridine rings is 1. The number of methoxy groups -OCH3 is 1. The van der Waals surface area contributed by atoms with Crippen molar-refractivity contribution in [3.63, 3.8) is 0 Å². The zero-order valence-corrected chi connectivity index (χ0v) is 17.7. The summed E-state index contributed by atoms with van der Waals surface area (Å²) in [6.45, 7) is 0. The van der Waals surface area contributed by atoms with Gasteiger partial charge < -0.3 is 10.1 Å². The summed E-state index contributed by atoms with van der Waals surface area (Å²) in [6, 6.07) is 18.5. The smallest absolute Gasteiger partial charge is 0.236 e. The summed E-state index contributed by atoms with van der Waals surface area (Å²) < 4.78 is 5.27. The molecular formula is C24H22N2O3S. The molecule has 5 nitrogen and oxygen atoms in total. The number of benzene rings is 2. The number of nitrogens with one attached hydrogen (secondary N) is 1. The molecule has 1 saturated carbocycles. The molecule has 0 saturated heterocycles. The summed E-state index contributed by atoms with van der Waals surface area (Å²) in [5.41, 5.74) is 1.46. The van der Waals surface area contributed by atoms with Crippen LogP contribution < -0.4 is 10.1 Å². The van der Waals surface area contributed by atoms with E-state index in [4.69, 9.17) is 4.74 Å². The highest BCUT2D eigenvalue weighted by Gasteiger charge is 2.51. The first-order valence-electron chi connectivity index (χ1n) is 9.67. The number of hydrogen-bond donors (Lipinski definition) is 1. The lowest BCUT2D eigenvalue weighted by molar-refractivity contribution is -0.118. The van der Waals surface area contributed by atoms with Crippen LogP contribution >= 0.6 is 11.8 Å². The van der Waals surface area contributed by atoms with Gasteiger partial charge in [-0.25, -0.2) is 4.98 Å². The number of aromatic nitrogens is 1. The second-order valence-electron chi connectivity index (χ2n) is 7.23. The SMILES string of the molecule is COc1ccccc1C(=O)c1ccc(NC(=O)C2(c3ccc(SC)cc3)CC2)nc1. The first kappa shape index (κ1) is 20.2. The number of hydrogen-bond acceptors (Lipinski definition) is 5. The number of ether oxygens (including phenoxy) is 1. The van der Waals surface area contributed by atoms with Crippen molar-refractivity contribution in [1.82, 2.24) is 4.98 Å². The van der Waals surface area contributed by atoms with Crippen LogP contribution in [0, 0.1) is 0 Å². The van der Waals surface area contributed by atoms with Crippen LogP contribution in [-0.4, -0.2) is 30.0 Å². The number of ketones is 1. The molecule has 6 heteroatoms. The third kappa shape index (κ3) is 3.83. The second kappa shape index (κ2) is 8.32. The van der Waals surface area contributed by atoms with E-state index in [1.165, 1.54) is 18.2 Å². The van der Waals surface area contributed by atoms with Crippen LogP contribution in [0.5, 0.6) is 5.75 Å². The molecule has 0 bridgehead atoms. The Hall–Kier alpha value is -3.12. The normalized spacial score (nSPS) is 14.1. The van der Waals surface area contributed by atoms with Crippen LogP contribution in [0.4, 0.5) is 5.82 Å². The Morgan fingerprint density at radius 3 is 2.37 bits per heavy atom. The van der Waals surface area contributed by atoms with Crippen molar-refractivity contribution >= 4 is 29.3 Å². The number of para-hydroxylation sites is 1. The van der Waals surface area contributed by atoms with Gasteiger partial charge in [-0.15, -0.1) is 11.8 Å². The van der Waals surface area contributed by atoms with E-state index in [1.54, 1.807) is 42.1 Å². The molecule has 0 aliphatic heterocycles. The van der Waals surface area contributed by atoms with E-state index in [0.717, 1.165) is 18.4 Å². The first-order valence-corrected chi connectivity index (χ1v) is 10.9. The molecule has 0 atom stereocenters. The van der Waals surface area contributed by atoms with E-state index < -0.39 is 5.41 Å². The van der Waals surface area contributed by atoms with Crippen molar-refractivity contribution in [2.24, 2.45) is 0 Å². The van der Waals surface area contributed by atoms with Crippen molar-refractivity contribution in [2.45, 2.75) is 23.2 Å². The number of carbonyl (C=O) groups is 2. The highest BCUT2D eigenvalue weighted by molar-refractivity contribution is 7.98. The van der Waals surface area contributed by atoms with Crippen molar-refractivity contribution in [3.8, 4) is 5.75 Å². The van der Waals surface area contributed by atoms with Gasteiger partial charge in [-0.05, 0) is 61.1 Å². The third-order valence-electron chi connectivity index (χ3n) is 5.45. The first-order chi connectivity index (χ1) is 14.6. The van der Waals surface area contributed by atoms with Gasteiger partial charge in [0.1, 0.15) is 11.6 Å². The second-order valence-corrected chi connectivity index (χ2v) is 8.11. The molecule has 152 valence electrons. The summed E-state index contributed by atoms with van der Waals surface area (Å²) in [5.74, 6) is 0.715. The molecule has 0 radical (unpaired) electrons. The lowest BCUT2D eigenvalue weighted by Gasteiger charge is -2.16. The number of rotatable bonds is 7. The largest absolute Gasteiger partial charge is 0.496 e. The zero-order chi connectivity index (χ0) is 21.1. The van der Waals surface area contributed by atoms with Crippen LogP contribution in [0.2, 0.25) is 0 Å². The molecule has 0 spiro atoms. The van der Waals surface area contributed by atoms with E-state index in [0.29, 0.717) is 22.7 Å². The quantitative estimate of drug-likeness (QED) is 0.444. The molecule has 1 aliphatic carbocycles. The van der Waals surface area contributed by atoms with Crippen molar-refractivity contribution < 1.29 is 14.3 Å². The molecule has 4 rings (SSSR count). The van der Waals surface area contributed by atoms with Crippen LogP contribution in [0.1, 0.15) is 34.3 Å². The summed E-state index contributed by atoms with van der Waals surface area (Å²) in [7, 11) is 1.53. The average molecular weight is 419 g/mol. The predicted octanol–water partition coefficient (Wildman–Crippen LogP) is 4.71. The molecule has 1 aromatic heterocycles. The van der Waals surface area contributed by atoms with Crippen LogP contribution in [0.3, 0.4) is 0 Å². The number of amides is 1. The van der Waals surface area contributed by atoms with E-state index >= 15 is 0 Å². The highest BCUT2D eigenvalue weighted by atomic mass is 32.2. The van der Waals surface area contributed by atoms with Crippen LogP contribution in [0.15, 0.2) is 71.8 Å². The minimum atomic E-state index is -0.482. The minimum absolute atomic E-state index is 0.0595. The van der Waals surface area contributed by atoms with Gasteiger partial charge in [0.2, 0.25) is 5.91 Å². The number of anilines is 1. The number of thioether (sulfide) groups is 1. The average Bonchev–Trinajstić information content (AvgIpc) is 3.61. The minimum Gasteiger partial charge on any atom is -0.496 e. The van der Waals surface area contributed by atoms with Gasteiger partial charge in [-0.1, -0.05) is 24.3 Å². The molecular weight excluding hydrogens is 396 g/mol. The summed E-state index contributed by atoms with van der Waals surface area (Å²) >= 11 is 1.68. The van der Waals surface area contributed by atoms with E-state index in [2.05, 4.69) is 10.3 Å². The van der Waals surface area contributed by atoms with Crippen molar-refractivity contribution in [2.75, 3.05) is 18.7 Å². The van der Waals surface area contributed by atoms with E-state index in [-0.39, 0.29) is 11.7 Å². The molecule has 1 fully saturated rings.